The summed E-state index contributed by atoms with van der Waals surface area (Å²) >= 11 is 0. The second-order valence-corrected chi connectivity index (χ2v) is 9.27. The highest BCUT2D eigenvalue weighted by Crippen LogP contribution is 2.43. The van der Waals surface area contributed by atoms with Crippen molar-refractivity contribution in [3.8, 4) is 23.0 Å². The van der Waals surface area contributed by atoms with E-state index in [9.17, 15) is 14.7 Å². The van der Waals surface area contributed by atoms with Crippen LogP contribution in [-0.4, -0.2) is 93.4 Å². The van der Waals surface area contributed by atoms with Gasteiger partial charge in [-0.2, -0.15) is 0 Å². The van der Waals surface area contributed by atoms with E-state index in [0.29, 0.717) is 73.5 Å². The normalized spacial score (nSPS) is 21.0. The summed E-state index contributed by atoms with van der Waals surface area (Å²) < 4.78 is 27.5. The number of likely N-dealkylation sites (tertiary alicyclic amines) is 1. The molecule has 2 aromatic carbocycles. The highest BCUT2D eigenvalue weighted by molar-refractivity contribution is 6.46. The van der Waals surface area contributed by atoms with Crippen LogP contribution < -0.4 is 18.9 Å². The lowest BCUT2D eigenvalue weighted by Gasteiger charge is -2.29. The van der Waals surface area contributed by atoms with E-state index < -0.39 is 17.7 Å². The minimum atomic E-state index is -0.798. The van der Waals surface area contributed by atoms with Crippen molar-refractivity contribution in [2.75, 3.05) is 66.8 Å². The third-order valence-electron chi connectivity index (χ3n) is 7.06. The van der Waals surface area contributed by atoms with Crippen molar-refractivity contribution in [2.24, 2.45) is 0 Å². The average Bonchev–Trinajstić information content (AvgIpc) is 3.21. The molecule has 0 bridgehead atoms. The number of morpholine rings is 1. The van der Waals surface area contributed by atoms with Gasteiger partial charge in [0.1, 0.15) is 19.0 Å². The maximum atomic E-state index is 13.4. The van der Waals surface area contributed by atoms with Gasteiger partial charge in [0.2, 0.25) is 0 Å². The van der Waals surface area contributed by atoms with Crippen molar-refractivity contribution in [2.45, 2.75) is 12.5 Å². The lowest BCUT2D eigenvalue weighted by molar-refractivity contribution is -0.140. The smallest absolute Gasteiger partial charge is 0.295 e. The number of hydrogen-bond acceptors (Lipinski definition) is 9. The Balaban J connectivity index is 1.52. The minimum absolute atomic E-state index is 0.0188. The van der Waals surface area contributed by atoms with Gasteiger partial charge in [-0.15, -0.1) is 0 Å². The summed E-state index contributed by atoms with van der Waals surface area (Å²) in [6, 6.07) is 9.42. The molecule has 38 heavy (non-hydrogen) atoms. The molecule has 3 aliphatic rings. The molecule has 5 rings (SSSR count). The van der Waals surface area contributed by atoms with Crippen molar-refractivity contribution in [1.29, 1.82) is 0 Å². The van der Waals surface area contributed by atoms with Crippen LogP contribution in [0.5, 0.6) is 23.0 Å². The number of fused-ring (bicyclic) bond motifs is 1. The standard InChI is InChI=1S/C28H32N2O8/c1-34-20-6-4-18(16-22(20)35-2)25-24(26(31)19-5-7-21-23(17-19)38-15-14-37-21)27(32)28(33)30(25)9-3-8-29-10-12-36-13-11-29/h4-7,16-17,25,31H,3,8-15H2,1-2H3/t25-/m0/s1. The van der Waals surface area contributed by atoms with Crippen LogP contribution in [0.15, 0.2) is 42.0 Å². The number of carbonyl (C=O) groups excluding carboxylic acids is 2. The molecule has 0 spiro atoms. The molecule has 10 heteroatoms. The molecule has 1 amide bonds. The Morgan fingerprint density at radius 3 is 2.39 bits per heavy atom. The van der Waals surface area contributed by atoms with Gasteiger partial charge < -0.3 is 33.7 Å². The number of Topliss-reactive ketones (excluding diaryl/α,β-unsaturated/α-hetero) is 1. The summed E-state index contributed by atoms with van der Waals surface area (Å²) in [7, 11) is 3.06. The molecule has 10 nitrogen and oxygen atoms in total. The second-order valence-electron chi connectivity index (χ2n) is 9.27. The van der Waals surface area contributed by atoms with Gasteiger partial charge in [0, 0.05) is 31.7 Å². The molecule has 2 saturated heterocycles. The molecular formula is C28H32N2O8. The Kier molecular flexibility index (Phi) is 7.71. The van der Waals surface area contributed by atoms with Crippen LogP contribution in [0.4, 0.5) is 0 Å². The number of amides is 1. The molecule has 2 fully saturated rings. The van der Waals surface area contributed by atoms with E-state index >= 15 is 0 Å². The molecule has 0 aliphatic carbocycles. The number of aliphatic hydroxyl groups is 1. The van der Waals surface area contributed by atoms with Crippen LogP contribution in [0.2, 0.25) is 0 Å². The van der Waals surface area contributed by atoms with Crippen LogP contribution in [0.1, 0.15) is 23.6 Å². The number of aliphatic hydroxyl groups excluding tert-OH is 1. The number of ketones is 1. The van der Waals surface area contributed by atoms with Crippen LogP contribution in [0, 0.1) is 0 Å². The zero-order valence-electron chi connectivity index (χ0n) is 21.6. The molecule has 2 aromatic rings. The Labute approximate surface area is 221 Å². The number of hydrogen-bond donors (Lipinski definition) is 1. The summed E-state index contributed by atoms with van der Waals surface area (Å²) in [5.74, 6) is 0.372. The minimum Gasteiger partial charge on any atom is -0.507 e. The van der Waals surface area contributed by atoms with E-state index in [1.54, 1.807) is 36.4 Å². The largest absolute Gasteiger partial charge is 0.507 e. The lowest BCUT2D eigenvalue weighted by Crippen LogP contribution is -2.38. The van der Waals surface area contributed by atoms with Gasteiger partial charge >= 0.3 is 0 Å². The monoisotopic (exact) mass is 524 g/mol. The number of nitrogens with zero attached hydrogens (tertiary/aromatic N) is 2. The molecule has 1 atom stereocenters. The van der Waals surface area contributed by atoms with Gasteiger partial charge in [0.05, 0.1) is 39.0 Å². The fraction of sp³-hybridized carbons (Fsp3) is 0.429. The highest BCUT2D eigenvalue weighted by Gasteiger charge is 2.46. The Bertz CT molecular complexity index is 1240. The topological polar surface area (TPSA) is 107 Å². The van der Waals surface area contributed by atoms with Crippen LogP contribution in [0.25, 0.3) is 5.76 Å². The number of carbonyl (C=O) groups is 2. The Hall–Kier alpha value is -3.76. The fourth-order valence-electron chi connectivity index (χ4n) is 5.12. The molecular weight excluding hydrogens is 492 g/mol. The van der Waals surface area contributed by atoms with Crippen LogP contribution in [0.3, 0.4) is 0 Å². The first kappa shape index (κ1) is 25.9. The van der Waals surface area contributed by atoms with Gasteiger partial charge in [0.25, 0.3) is 11.7 Å². The first-order valence-electron chi connectivity index (χ1n) is 12.7. The number of methoxy groups -OCH3 is 2. The van der Waals surface area contributed by atoms with Gasteiger partial charge in [-0.05, 0) is 42.3 Å². The molecule has 0 radical (unpaired) electrons. The molecule has 202 valence electrons. The van der Waals surface area contributed by atoms with E-state index in [0.717, 1.165) is 19.6 Å². The van der Waals surface area contributed by atoms with Crippen molar-refractivity contribution in [3.63, 3.8) is 0 Å². The molecule has 0 saturated carbocycles. The fourth-order valence-corrected chi connectivity index (χ4v) is 5.12. The van der Waals surface area contributed by atoms with E-state index in [1.807, 2.05) is 0 Å². The second kappa shape index (κ2) is 11.3. The van der Waals surface area contributed by atoms with Gasteiger partial charge in [0.15, 0.2) is 23.0 Å². The number of ether oxygens (including phenoxy) is 5. The van der Waals surface area contributed by atoms with E-state index in [4.69, 9.17) is 23.7 Å². The summed E-state index contributed by atoms with van der Waals surface area (Å²) in [5.41, 5.74) is 1.02. The molecule has 3 heterocycles. The van der Waals surface area contributed by atoms with Crippen LogP contribution in [-0.2, 0) is 14.3 Å². The number of benzene rings is 2. The van der Waals surface area contributed by atoms with E-state index in [1.165, 1.54) is 19.1 Å². The zero-order chi connectivity index (χ0) is 26.6. The third-order valence-corrected chi connectivity index (χ3v) is 7.06. The number of rotatable bonds is 8. The SMILES string of the molecule is COc1ccc([C@H]2C(=C(O)c3ccc4c(c3)OCCO4)C(=O)C(=O)N2CCCN2CCOCC2)cc1OC. The van der Waals surface area contributed by atoms with Crippen molar-refractivity contribution in [3.05, 3.63) is 53.1 Å². The quantitative estimate of drug-likeness (QED) is 0.317. The predicted molar refractivity (Wildman–Crippen MR) is 138 cm³/mol. The summed E-state index contributed by atoms with van der Waals surface area (Å²) in [6.45, 7) is 4.98. The Morgan fingerprint density at radius 1 is 0.921 bits per heavy atom. The zero-order valence-corrected chi connectivity index (χ0v) is 21.6. The molecule has 3 aliphatic heterocycles. The van der Waals surface area contributed by atoms with Crippen molar-refractivity contribution >= 4 is 17.4 Å². The van der Waals surface area contributed by atoms with E-state index in [-0.39, 0.29) is 11.3 Å². The van der Waals surface area contributed by atoms with E-state index in [2.05, 4.69) is 4.90 Å². The summed E-state index contributed by atoms with van der Waals surface area (Å²) in [4.78, 5) is 30.5. The third kappa shape index (κ3) is 5.01. The summed E-state index contributed by atoms with van der Waals surface area (Å²) in [6.07, 6.45) is 0.668. The molecule has 1 N–H and O–H groups in total. The maximum Gasteiger partial charge on any atom is 0.295 e. The first-order valence-corrected chi connectivity index (χ1v) is 12.7. The predicted octanol–water partition coefficient (Wildman–Crippen LogP) is 2.62. The first-order chi connectivity index (χ1) is 18.5. The van der Waals surface area contributed by atoms with Crippen molar-refractivity contribution < 1.29 is 38.4 Å². The van der Waals surface area contributed by atoms with Crippen LogP contribution >= 0.6 is 0 Å². The molecule has 0 unspecified atom stereocenters. The Morgan fingerprint density at radius 2 is 1.66 bits per heavy atom. The lowest BCUT2D eigenvalue weighted by atomic mass is 9.94. The maximum absolute atomic E-state index is 13.4. The van der Waals surface area contributed by atoms with Gasteiger partial charge in [-0.1, -0.05) is 6.07 Å². The van der Waals surface area contributed by atoms with Gasteiger partial charge in [-0.25, -0.2) is 0 Å². The summed E-state index contributed by atoms with van der Waals surface area (Å²) in [5, 5.41) is 11.4. The highest BCUT2D eigenvalue weighted by atomic mass is 16.6. The average molecular weight is 525 g/mol. The van der Waals surface area contributed by atoms with Crippen molar-refractivity contribution in [1.82, 2.24) is 9.80 Å². The van der Waals surface area contributed by atoms with Gasteiger partial charge in [-0.3, -0.25) is 14.5 Å². The molecule has 0 aromatic heterocycles.